The summed E-state index contributed by atoms with van der Waals surface area (Å²) in [5, 5.41) is 4.13. The summed E-state index contributed by atoms with van der Waals surface area (Å²) in [6.07, 6.45) is -1.90. The Balaban J connectivity index is 1.77. The molecule has 4 heterocycles. The molecule has 0 radical (unpaired) electrons. The van der Waals surface area contributed by atoms with Crippen LogP contribution < -0.4 is 10.6 Å². The number of pyridine rings is 1. The van der Waals surface area contributed by atoms with E-state index in [-0.39, 0.29) is 34.0 Å². The third-order valence-corrected chi connectivity index (χ3v) is 7.64. The molecule has 1 aromatic carbocycles. The van der Waals surface area contributed by atoms with Crippen molar-refractivity contribution < 1.29 is 18.0 Å². The molecule has 0 bridgehead atoms. The molecule has 1 aliphatic heterocycles. The summed E-state index contributed by atoms with van der Waals surface area (Å²) >= 11 is 6.70. The number of alkyl halides is 3. The molecule has 4 aromatic rings. The predicted molar refractivity (Wildman–Crippen MR) is 155 cm³/mol. The van der Waals surface area contributed by atoms with E-state index in [4.69, 9.17) is 16.6 Å². The van der Waals surface area contributed by atoms with Crippen molar-refractivity contribution >= 4 is 34.4 Å². The van der Waals surface area contributed by atoms with Gasteiger partial charge in [0.15, 0.2) is 11.3 Å². The maximum absolute atomic E-state index is 13.8. The van der Waals surface area contributed by atoms with Gasteiger partial charge in [-0.05, 0) is 43.2 Å². The number of piperazine rings is 1. The number of hydrogen-bond acceptors (Lipinski definition) is 6. The van der Waals surface area contributed by atoms with Crippen molar-refractivity contribution in [2.75, 3.05) is 24.5 Å². The molecule has 0 unspecified atom stereocenters. The molecule has 1 fully saturated rings. The fraction of sp³-hybridized carbons (Fsp3) is 0.345. The third kappa shape index (κ3) is 5.26. The topological polar surface area (TPSA) is 89.2 Å². The zero-order chi connectivity index (χ0) is 30.3. The number of para-hydroxylation sites is 1. The van der Waals surface area contributed by atoms with E-state index < -0.39 is 17.6 Å². The predicted octanol–water partition coefficient (Wildman–Crippen LogP) is 5.03. The minimum atomic E-state index is -4.66. The molecule has 9 nitrogen and oxygen atoms in total. The highest BCUT2D eigenvalue weighted by molar-refractivity contribution is 6.33. The van der Waals surface area contributed by atoms with Gasteiger partial charge in [-0.15, -0.1) is 0 Å². The van der Waals surface area contributed by atoms with E-state index in [0.29, 0.717) is 42.9 Å². The van der Waals surface area contributed by atoms with E-state index >= 15 is 0 Å². The number of rotatable bonds is 6. The molecule has 0 spiro atoms. The lowest BCUT2D eigenvalue weighted by atomic mass is 10.1. The van der Waals surface area contributed by atoms with Gasteiger partial charge in [-0.3, -0.25) is 9.48 Å². The average Bonchev–Trinajstić information content (AvgIpc) is 3.35. The number of aryl methyl sites for hydroxylation is 2. The average molecular weight is 600 g/mol. The van der Waals surface area contributed by atoms with Gasteiger partial charge >= 0.3 is 11.9 Å². The number of nitrogens with zero attached hydrogens (tertiary/aromatic N) is 7. The summed E-state index contributed by atoms with van der Waals surface area (Å²) in [4.78, 5) is 38.9. The number of amides is 1. The molecular formula is C29H29ClF3N7O2. The Morgan fingerprint density at radius 3 is 2.57 bits per heavy atom. The van der Waals surface area contributed by atoms with Crippen molar-refractivity contribution in [3.63, 3.8) is 0 Å². The lowest BCUT2D eigenvalue weighted by molar-refractivity contribution is -0.141. The third-order valence-electron chi connectivity index (χ3n) is 7.35. The van der Waals surface area contributed by atoms with Gasteiger partial charge in [0.05, 0.1) is 21.8 Å². The summed E-state index contributed by atoms with van der Waals surface area (Å²) in [6, 6.07) is 9.62. The molecule has 0 aliphatic carbocycles. The number of anilines is 1. The Labute approximate surface area is 244 Å². The van der Waals surface area contributed by atoms with Crippen LogP contribution in [-0.2, 0) is 24.4 Å². The van der Waals surface area contributed by atoms with Crippen LogP contribution >= 0.6 is 11.6 Å². The minimum absolute atomic E-state index is 0.0401. The summed E-state index contributed by atoms with van der Waals surface area (Å²) < 4.78 is 42.9. The molecule has 5 rings (SSSR count). The van der Waals surface area contributed by atoms with E-state index in [1.807, 2.05) is 30.9 Å². The van der Waals surface area contributed by atoms with Gasteiger partial charge in [-0.1, -0.05) is 49.7 Å². The van der Waals surface area contributed by atoms with Gasteiger partial charge in [0.25, 0.3) is 0 Å². The highest BCUT2D eigenvalue weighted by Gasteiger charge is 2.35. The molecule has 0 N–H and O–H groups in total. The van der Waals surface area contributed by atoms with Crippen molar-refractivity contribution in [1.82, 2.24) is 29.2 Å². The fourth-order valence-corrected chi connectivity index (χ4v) is 5.61. The van der Waals surface area contributed by atoms with E-state index in [1.165, 1.54) is 17.7 Å². The second kappa shape index (κ2) is 11.2. The quantitative estimate of drug-likeness (QED) is 0.289. The molecule has 13 heteroatoms. The first-order valence-corrected chi connectivity index (χ1v) is 13.8. The summed E-state index contributed by atoms with van der Waals surface area (Å²) in [7, 11) is 1.38. The molecule has 0 saturated carbocycles. The van der Waals surface area contributed by atoms with Crippen molar-refractivity contribution in [3.8, 4) is 17.1 Å². The second-order valence-corrected chi connectivity index (χ2v) is 10.6. The molecule has 3 aromatic heterocycles. The molecule has 1 saturated heterocycles. The zero-order valence-electron chi connectivity index (χ0n) is 23.3. The van der Waals surface area contributed by atoms with Gasteiger partial charge in [0.2, 0.25) is 5.91 Å². The Hall–Kier alpha value is -4.19. The fourth-order valence-electron chi connectivity index (χ4n) is 5.36. The standard InChI is InChI=1S/C29H29ClF3N7O2/c1-5-9-18-10-7-8-11-21(18)40-27-19(14-20(30)25(34-27)22-15-23(29(31,32)33)36-37(22)4)26(35-28(40)42)39-13-12-38(16-17(39)3)24(41)6-2/h6-8,10-11,14-15,17H,2,5,9,12-13,16H2,1,3-4H3/t17-/m0/s1. The van der Waals surface area contributed by atoms with Crippen LogP contribution in [-0.4, -0.2) is 60.8 Å². The molecule has 1 amide bonds. The van der Waals surface area contributed by atoms with Gasteiger partial charge < -0.3 is 9.80 Å². The first-order valence-electron chi connectivity index (χ1n) is 13.5. The Morgan fingerprint density at radius 2 is 1.93 bits per heavy atom. The Kier molecular flexibility index (Phi) is 7.84. The van der Waals surface area contributed by atoms with E-state index in [0.717, 1.165) is 22.7 Å². The summed E-state index contributed by atoms with van der Waals surface area (Å²) in [5.74, 6) is 0.144. The number of carbonyl (C=O) groups is 1. The van der Waals surface area contributed by atoms with Gasteiger partial charge in [0.1, 0.15) is 11.5 Å². The number of aromatic nitrogens is 5. The van der Waals surface area contributed by atoms with Gasteiger partial charge in [0, 0.05) is 32.7 Å². The first kappa shape index (κ1) is 29.3. The molecule has 1 aliphatic rings. The van der Waals surface area contributed by atoms with E-state index in [9.17, 15) is 22.8 Å². The maximum atomic E-state index is 13.8. The number of halogens is 4. The van der Waals surface area contributed by atoms with Crippen LogP contribution in [0.3, 0.4) is 0 Å². The number of benzene rings is 1. The van der Waals surface area contributed by atoms with Crippen LogP contribution in [0.2, 0.25) is 5.02 Å². The van der Waals surface area contributed by atoms with Crippen molar-refractivity contribution in [3.05, 3.63) is 75.8 Å². The maximum Gasteiger partial charge on any atom is 0.435 e. The van der Waals surface area contributed by atoms with Crippen molar-refractivity contribution in [1.29, 1.82) is 0 Å². The number of hydrogen-bond donors (Lipinski definition) is 0. The lowest BCUT2D eigenvalue weighted by Crippen LogP contribution is -2.54. The Morgan fingerprint density at radius 1 is 1.19 bits per heavy atom. The lowest BCUT2D eigenvalue weighted by Gasteiger charge is -2.40. The van der Waals surface area contributed by atoms with Crippen LogP contribution in [0.4, 0.5) is 19.0 Å². The highest BCUT2D eigenvalue weighted by atomic mass is 35.5. The summed E-state index contributed by atoms with van der Waals surface area (Å²) in [6.45, 7) is 8.64. The van der Waals surface area contributed by atoms with Crippen molar-refractivity contribution in [2.45, 2.75) is 38.9 Å². The van der Waals surface area contributed by atoms with E-state index in [1.54, 1.807) is 23.1 Å². The smallest absolute Gasteiger partial charge is 0.350 e. The van der Waals surface area contributed by atoms with E-state index in [2.05, 4.69) is 16.7 Å². The number of carbonyl (C=O) groups excluding carboxylic acids is 1. The molecule has 1 atom stereocenters. The normalized spacial score (nSPS) is 15.8. The van der Waals surface area contributed by atoms with Crippen LogP contribution in [0.15, 0.2) is 53.8 Å². The highest BCUT2D eigenvalue weighted by Crippen LogP contribution is 2.37. The number of fused-ring (bicyclic) bond motifs is 1. The molecular weight excluding hydrogens is 571 g/mol. The van der Waals surface area contributed by atoms with Crippen LogP contribution in [0, 0.1) is 0 Å². The molecule has 42 heavy (non-hydrogen) atoms. The second-order valence-electron chi connectivity index (χ2n) is 10.2. The molecule has 220 valence electrons. The van der Waals surface area contributed by atoms with Crippen LogP contribution in [0.25, 0.3) is 28.1 Å². The summed E-state index contributed by atoms with van der Waals surface area (Å²) in [5.41, 5.74) is 0.0605. The SMILES string of the molecule is C=CC(=O)N1CCN(c2nc(=O)n(-c3ccccc3CCC)c3nc(-c4cc(C(F)(F)F)nn4C)c(Cl)cc23)[C@@H](C)C1. The van der Waals surface area contributed by atoms with Crippen LogP contribution in [0.1, 0.15) is 31.5 Å². The largest absolute Gasteiger partial charge is 0.435 e. The van der Waals surface area contributed by atoms with Crippen molar-refractivity contribution in [2.24, 2.45) is 7.05 Å². The zero-order valence-corrected chi connectivity index (χ0v) is 24.1. The monoisotopic (exact) mass is 599 g/mol. The van der Waals surface area contributed by atoms with Gasteiger partial charge in [-0.2, -0.15) is 23.3 Å². The first-order chi connectivity index (χ1) is 19.9. The van der Waals surface area contributed by atoms with Gasteiger partial charge in [-0.25, -0.2) is 14.3 Å². The van der Waals surface area contributed by atoms with Crippen LogP contribution in [0.5, 0.6) is 0 Å². The Bertz CT molecular complexity index is 1750. The minimum Gasteiger partial charge on any atom is -0.350 e.